The van der Waals surface area contributed by atoms with Gasteiger partial charge >= 0.3 is 0 Å². The highest BCUT2D eigenvalue weighted by molar-refractivity contribution is 6.00. The number of aldehydes is 1. The van der Waals surface area contributed by atoms with Gasteiger partial charge in [0.25, 0.3) is 0 Å². The number of nitrogens with two attached hydrogens (primary N) is 3. The summed E-state index contributed by atoms with van der Waals surface area (Å²) in [5.74, 6) is -0.912. The molecular formula is C20H30N6O3. The fourth-order valence-corrected chi connectivity index (χ4v) is 3.55. The zero-order valence-corrected chi connectivity index (χ0v) is 16.5. The summed E-state index contributed by atoms with van der Waals surface area (Å²) in [5, 5.41) is 2.42. The molecule has 0 radical (unpaired) electrons. The first kappa shape index (κ1) is 22.5. The maximum atomic E-state index is 12.7. The van der Waals surface area contributed by atoms with Crippen molar-refractivity contribution >= 4 is 24.1 Å². The number of rotatable bonds is 10. The molecule has 3 atom stereocenters. The van der Waals surface area contributed by atoms with Crippen molar-refractivity contribution in [2.75, 3.05) is 13.1 Å². The standard InChI is InChI=1S/C20H30N6O3/c21-16(12-14-6-2-1-3-7-14)18(28)25-19(29)17-9-5-11-26(17)15(13-27)8-4-10-24-20(22)23/h1-3,6-7,13,15-17H,4-5,8-12,21H2,(H4,22,23,24)(H,25,28,29). The van der Waals surface area contributed by atoms with Gasteiger partial charge in [-0.15, -0.1) is 0 Å². The lowest BCUT2D eigenvalue weighted by molar-refractivity contribution is -0.134. The van der Waals surface area contributed by atoms with Crippen LogP contribution in [0, 0.1) is 0 Å². The average molecular weight is 402 g/mol. The van der Waals surface area contributed by atoms with Crippen LogP contribution in [0.1, 0.15) is 31.2 Å². The van der Waals surface area contributed by atoms with E-state index in [9.17, 15) is 14.4 Å². The largest absolute Gasteiger partial charge is 0.370 e. The molecule has 1 saturated heterocycles. The predicted octanol–water partition coefficient (Wildman–Crippen LogP) is -0.715. The highest BCUT2D eigenvalue weighted by atomic mass is 16.2. The van der Waals surface area contributed by atoms with Crippen molar-refractivity contribution < 1.29 is 14.4 Å². The quantitative estimate of drug-likeness (QED) is 0.174. The molecule has 2 amide bonds. The van der Waals surface area contributed by atoms with Gasteiger partial charge in [-0.3, -0.25) is 24.8 Å². The monoisotopic (exact) mass is 402 g/mol. The second-order valence-electron chi connectivity index (χ2n) is 7.20. The van der Waals surface area contributed by atoms with Crippen molar-refractivity contribution in [1.29, 1.82) is 0 Å². The summed E-state index contributed by atoms with van der Waals surface area (Å²) in [5.41, 5.74) is 17.5. The van der Waals surface area contributed by atoms with Crippen LogP contribution in [0.3, 0.4) is 0 Å². The van der Waals surface area contributed by atoms with Gasteiger partial charge in [0.15, 0.2) is 5.96 Å². The lowest BCUT2D eigenvalue weighted by Gasteiger charge is -2.28. The van der Waals surface area contributed by atoms with Crippen molar-refractivity contribution in [1.82, 2.24) is 10.2 Å². The minimum Gasteiger partial charge on any atom is -0.370 e. The van der Waals surface area contributed by atoms with Gasteiger partial charge in [-0.25, -0.2) is 0 Å². The van der Waals surface area contributed by atoms with Crippen LogP contribution in [0.4, 0.5) is 0 Å². The molecule has 1 fully saturated rings. The number of imide groups is 1. The number of benzene rings is 1. The minimum absolute atomic E-state index is 0.0106. The van der Waals surface area contributed by atoms with E-state index < -0.39 is 29.9 Å². The highest BCUT2D eigenvalue weighted by Crippen LogP contribution is 2.22. The Bertz CT molecular complexity index is 720. The normalized spacial score (nSPS) is 18.6. The number of nitrogens with zero attached hydrogens (tertiary/aromatic N) is 2. The molecule has 9 heteroatoms. The molecule has 0 spiro atoms. The summed E-state index contributed by atoms with van der Waals surface area (Å²) in [6, 6.07) is 7.61. The summed E-state index contributed by atoms with van der Waals surface area (Å²) in [7, 11) is 0. The van der Waals surface area contributed by atoms with Gasteiger partial charge in [0.2, 0.25) is 11.8 Å². The zero-order chi connectivity index (χ0) is 21.2. The van der Waals surface area contributed by atoms with Crippen molar-refractivity contribution in [3.63, 3.8) is 0 Å². The topological polar surface area (TPSA) is 157 Å². The van der Waals surface area contributed by atoms with Crippen molar-refractivity contribution in [3.05, 3.63) is 35.9 Å². The first-order valence-corrected chi connectivity index (χ1v) is 9.83. The molecule has 158 valence electrons. The second kappa shape index (κ2) is 11.3. The summed E-state index contributed by atoms with van der Waals surface area (Å²) >= 11 is 0. The fourth-order valence-electron chi connectivity index (χ4n) is 3.55. The van der Waals surface area contributed by atoms with Gasteiger partial charge in [0.1, 0.15) is 6.29 Å². The highest BCUT2D eigenvalue weighted by Gasteiger charge is 2.36. The van der Waals surface area contributed by atoms with E-state index in [1.165, 1.54) is 0 Å². The molecule has 7 N–H and O–H groups in total. The molecule has 3 unspecified atom stereocenters. The van der Waals surface area contributed by atoms with E-state index in [-0.39, 0.29) is 5.96 Å². The molecule has 0 saturated carbocycles. The predicted molar refractivity (Wildman–Crippen MR) is 111 cm³/mol. The van der Waals surface area contributed by atoms with E-state index in [0.29, 0.717) is 38.8 Å². The number of carbonyl (C=O) groups excluding carboxylic acids is 3. The van der Waals surface area contributed by atoms with Gasteiger partial charge < -0.3 is 22.0 Å². The third-order valence-corrected chi connectivity index (χ3v) is 5.01. The number of likely N-dealkylation sites (tertiary alicyclic amines) is 1. The van der Waals surface area contributed by atoms with E-state index in [0.717, 1.165) is 18.3 Å². The summed E-state index contributed by atoms with van der Waals surface area (Å²) in [6.07, 6.45) is 3.70. The third-order valence-electron chi connectivity index (χ3n) is 5.01. The number of carbonyl (C=O) groups is 3. The summed E-state index contributed by atoms with van der Waals surface area (Å²) < 4.78 is 0. The first-order chi connectivity index (χ1) is 13.9. The summed E-state index contributed by atoms with van der Waals surface area (Å²) in [4.78, 5) is 42.3. The van der Waals surface area contributed by atoms with E-state index >= 15 is 0 Å². The Morgan fingerprint density at radius 2 is 2.00 bits per heavy atom. The average Bonchev–Trinajstić information content (AvgIpc) is 3.18. The maximum Gasteiger partial charge on any atom is 0.243 e. The number of guanidine groups is 1. The van der Waals surface area contributed by atoms with Crippen LogP contribution in [0.25, 0.3) is 0 Å². The Hall–Kier alpha value is -2.78. The number of nitrogens with one attached hydrogen (secondary N) is 1. The summed E-state index contributed by atoms with van der Waals surface area (Å²) in [6.45, 7) is 1.04. The fraction of sp³-hybridized carbons (Fsp3) is 0.500. The van der Waals surface area contributed by atoms with Crippen LogP contribution >= 0.6 is 0 Å². The van der Waals surface area contributed by atoms with Crippen LogP contribution in [0.5, 0.6) is 0 Å². The van der Waals surface area contributed by atoms with E-state index in [2.05, 4.69) is 10.3 Å². The molecule has 1 aliphatic heterocycles. The van der Waals surface area contributed by atoms with Crippen LogP contribution in [0.15, 0.2) is 35.3 Å². The van der Waals surface area contributed by atoms with Gasteiger partial charge in [-0.1, -0.05) is 30.3 Å². The lowest BCUT2D eigenvalue weighted by atomic mass is 10.1. The van der Waals surface area contributed by atoms with Gasteiger partial charge in [0, 0.05) is 6.54 Å². The number of hydrogen-bond acceptors (Lipinski definition) is 6. The van der Waals surface area contributed by atoms with E-state index in [4.69, 9.17) is 17.2 Å². The first-order valence-electron chi connectivity index (χ1n) is 9.83. The molecule has 1 heterocycles. The molecule has 1 aromatic carbocycles. The van der Waals surface area contributed by atoms with Crippen molar-refractivity contribution in [2.24, 2.45) is 22.2 Å². The smallest absolute Gasteiger partial charge is 0.243 e. The lowest BCUT2D eigenvalue weighted by Crippen LogP contribution is -2.53. The SMILES string of the molecule is NC(N)=NCCCC(C=O)N1CCCC1C(=O)NC(=O)C(N)Cc1ccccc1. The Labute approximate surface area is 170 Å². The number of hydrogen-bond donors (Lipinski definition) is 4. The maximum absolute atomic E-state index is 12.7. The second-order valence-corrected chi connectivity index (χ2v) is 7.20. The third kappa shape index (κ3) is 6.95. The van der Waals surface area contributed by atoms with Crippen molar-refractivity contribution in [2.45, 2.75) is 50.2 Å². The van der Waals surface area contributed by atoms with E-state index in [1.54, 1.807) is 0 Å². The van der Waals surface area contributed by atoms with Crippen LogP contribution in [-0.2, 0) is 20.8 Å². The van der Waals surface area contributed by atoms with Crippen LogP contribution in [-0.4, -0.2) is 60.2 Å². The number of aliphatic imine (C=N–C) groups is 1. The Morgan fingerprint density at radius 1 is 1.28 bits per heavy atom. The minimum atomic E-state index is -0.822. The van der Waals surface area contributed by atoms with Crippen molar-refractivity contribution in [3.8, 4) is 0 Å². The Balaban J connectivity index is 1.89. The van der Waals surface area contributed by atoms with Gasteiger partial charge in [-0.2, -0.15) is 0 Å². The molecule has 2 rings (SSSR count). The number of amides is 2. The molecule has 1 aliphatic rings. The molecule has 9 nitrogen and oxygen atoms in total. The van der Waals surface area contributed by atoms with Gasteiger partial charge in [-0.05, 0) is 44.2 Å². The van der Waals surface area contributed by atoms with E-state index in [1.807, 2.05) is 35.2 Å². The Morgan fingerprint density at radius 3 is 2.66 bits per heavy atom. The van der Waals surface area contributed by atoms with Gasteiger partial charge in [0.05, 0.1) is 18.1 Å². The molecule has 0 aromatic heterocycles. The Kier molecular flexibility index (Phi) is 8.75. The molecule has 29 heavy (non-hydrogen) atoms. The molecule has 0 bridgehead atoms. The van der Waals surface area contributed by atoms with Crippen LogP contribution in [0.2, 0.25) is 0 Å². The molecule has 0 aliphatic carbocycles. The van der Waals surface area contributed by atoms with Crippen LogP contribution < -0.4 is 22.5 Å². The molecular weight excluding hydrogens is 372 g/mol. The zero-order valence-electron chi connectivity index (χ0n) is 16.5. The molecule has 1 aromatic rings.